The van der Waals surface area contributed by atoms with Crippen LogP contribution < -0.4 is 10.6 Å². The summed E-state index contributed by atoms with van der Waals surface area (Å²) >= 11 is 0. The smallest absolute Gasteiger partial charge is 0.320 e. The zero-order valence-electron chi connectivity index (χ0n) is 13.9. The Morgan fingerprint density at radius 2 is 2.17 bits per heavy atom. The van der Waals surface area contributed by atoms with E-state index in [1.54, 1.807) is 6.07 Å². The molecular formula is C16H24N4O3. The molecule has 0 aromatic carbocycles. The van der Waals surface area contributed by atoms with Crippen LogP contribution in [0, 0.1) is 5.92 Å². The third-order valence-corrected chi connectivity index (χ3v) is 4.27. The molecule has 2 N–H and O–H groups in total. The molecule has 23 heavy (non-hydrogen) atoms. The van der Waals surface area contributed by atoms with Gasteiger partial charge < -0.3 is 14.7 Å². The first kappa shape index (κ1) is 15.8. The average Bonchev–Trinajstić information content (AvgIpc) is 3.06. The standard InChI is InChI=1S/C16H24N4O3/c1-16(2,3)12-7-13(19-23-12)18-15(22)17-8-10-6-14(21)20(9-10)11-4-5-11/h7,10-11H,4-6,8-9H2,1-3H3,(H2,17,18,19,22)/t10-/m0/s1. The Labute approximate surface area is 135 Å². The van der Waals surface area contributed by atoms with Crippen LogP contribution in [0.4, 0.5) is 10.6 Å². The maximum atomic E-state index is 11.9. The highest BCUT2D eigenvalue weighted by molar-refractivity contribution is 5.88. The van der Waals surface area contributed by atoms with E-state index >= 15 is 0 Å². The van der Waals surface area contributed by atoms with E-state index in [4.69, 9.17) is 4.52 Å². The first-order valence-electron chi connectivity index (χ1n) is 8.14. The van der Waals surface area contributed by atoms with Gasteiger partial charge >= 0.3 is 6.03 Å². The predicted octanol–water partition coefficient (Wildman–Crippen LogP) is 2.10. The minimum Gasteiger partial charge on any atom is -0.359 e. The molecule has 0 bridgehead atoms. The lowest BCUT2D eigenvalue weighted by molar-refractivity contribution is -0.128. The highest BCUT2D eigenvalue weighted by Crippen LogP contribution is 2.32. The molecular weight excluding hydrogens is 296 g/mol. The SMILES string of the molecule is CC(C)(C)c1cc(NC(=O)NC[C@@H]2CC(=O)N(C3CC3)C2)no1. The van der Waals surface area contributed by atoms with Crippen LogP contribution in [-0.2, 0) is 10.2 Å². The van der Waals surface area contributed by atoms with Crippen molar-refractivity contribution >= 4 is 17.8 Å². The lowest BCUT2D eigenvalue weighted by atomic mass is 9.93. The minimum absolute atomic E-state index is 0.153. The Bertz CT molecular complexity index is 601. The molecule has 1 aliphatic heterocycles. The van der Waals surface area contributed by atoms with Crippen molar-refractivity contribution in [2.24, 2.45) is 5.92 Å². The normalized spacial score (nSPS) is 21.6. The van der Waals surface area contributed by atoms with E-state index in [0.717, 1.165) is 19.4 Å². The van der Waals surface area contributed by atoms with Crippen molar-refractivity contribution in [3.05, 3.63) is 11.8 Å². The summed E-state index contributed by atoms with van der Waals surface area (Å²) in [4.78, 5) is 25.8. The number of likely N-dealkylation sites (tertiary alicyclic amines) is 1. The van der Waals surface area contributed by atoms with Crippen LogP contribution in [0.2, 0.25) is 0 Å². The van der Waals surface area contributed by atoms with Gasteiger partial charge in [-0.1, -0.05) is 25.9 Å². The molecule has 0 spiro atoms. The first-order chi connectivity index (χ1) is 10.8. The number of rotatable bonds is 4. The van der Waals surface area contributed by atoms with Crippen LogP contribution >= 0.6 is 0 Å². The van der Waals surface area contributed by atoms with Crippen molar-refractivity contribution in [2.75, 3.05) is 18.4 Å². The molecule has 2 heterocycles. The average molecular weight is 320 g/mol. The van der Waals surface area contributed by atoms with Gasteiger partial charge in [0.1, 0.15) is 5.76 Å². The number of hydrogen-bond donors (Lipinski definition) is 2. The topological polar surface area (TPSA) is 87.5 Å². The number of carbonyl (C=O) groups is 2. The van der Waals surface area contributed by atoms with Gasteiger partial charge in [-0.05, 0) is 12.8 Å². The van der Waals surface area contributed by atoms with Gasteiger partial charge in [0.15, 0.2) is 5.82 Å². The number of urea groups is 1. The van der Waals surface area contributed by atoms with Crippen LogP contribution in [0.15, 0.2) is 10.6 Å². The van der Waals surface area contributed by atoms with Gasteiger partial charge in [0.25, 0.3) is 0 Å². The summed E-state index contributed by atoms with van der Waals surface area (Å²) in [7, 11) is 0. The lowest BCUT2D eigenvalue weighted by Gasteiger charge is -2.15. The second kappa shape index (κ2) is 5.86. The highest BCUT2D eigenvalue weighted by atomic mass is 16.5. The van der Waals surface area contributed by atoms with E-state index < -0.39 is 0 Å². The number of hydrogen-bond acceptors (Lipinski definition) is 4. The highest BCUT2D eigenvalue weighted by Gasteiger charge is 2.39. The summed E-state index contributed by atoms with van der Waals surface area (Å²) in [6.07, 6.45) is 2.76. The van der Waals surface area contributed by atoms with Crippen molar-refractivity contribution in [3.8, 4) is 0 Å². The van der Waals surface area contributed by atoms with Gasteiger partial charge in [0, 0.05) is 43.0 Å². The fourth-order valence-corrected chi connectivity index (χ4v) is 2.77. The van der Waals surface area contributed by atoms with Gasteiger partial charge in [-0.25, -0.2) is 4.79 Å². The molecule has 3 amide bonds. The van der Waals surface area contributed by atoms with Gasteiger partial charge in [-0.15, -0.1) is 0 Å². The number of nitrogens with zero attached hydrogens (tertiary/aromatic N) is 2. The Kier molecular flexibility index (Phi) is 4.04. The largest absolute Gasteiger partial charge is 0.359 e. The molecule has 1 saturated carbocycles. The Hall–Kier alpha value is -2.05. The van der Waals surface area contributed by atoms with E-state index in [0.29, 0.717) is 30.6 Å². The van der Waals surface area contributed by atoms with E-state index in [1.165, 1.54) is 0 Å². The minimum atomic E-state index is -0.323. The molecule has 1 atom stereocenters. The summed E-state index contributed by atoms with van der Waals surface area (Å²) in [5.74, 6) is 1.52. The molecule has 2 aliphatic rings. The number of amides is 3. The fraction of sp³-hybridized carbons (Fsp3) is 0.688. The van der Waals surface area contributed by atoms with E-state index in [2.05, 4.69) is 15.8 Å². The first-order valence-corrected chi connectivity index (χ1v) is 8.14. The van der Waals surface area contributed by atoms with Gasteiger partial charge in [-0.2, -0.15) is 0 Å². The van der Waals surface area contributed by atoms with Gasteiger partial charge in [0.05, 0.1) is 0 Å². The second-order valence-corrected chi connectivity index (χ2v) is 7.51. The molecule has 0 radical (unpaired) electrons. The number of aromatic nitrogens is 1. The molecule has 1 aromatic rings. The fourth-order valence-electron chi connectivity index (χ4n) is 2.77. The summed E-state index contributed by atoms with van der Waals surface area (Å²) in [6.45, 7) is 7.28. The molecule has 2 fully saturated rings. The van der Waals surface area contributed by atoms with Crippen molar-refractivity contribution in [2.45, 2.75) is 51.5 Å². The van der Waals surface area contributed by atoms with Crippen molar-refractivity contribution < 1.29 is 14.1 Å². The van der Waals surface area contributed by atoms with Crippen LogP contribution in [-0.4, -0.2) is 41.1 Å². The summed E-state index contributed by atoms with van der Waals surface area (Å²) in [5, 5.41) is 9.32. The third-order valence-electron chi connectivity index (χ3n) is 4.27. The van der Waals surface area contributed by atoms with Crippen molar-refractivity contribution in [1.29, 1.82) is 0 Å². The van der Waals surface area contributed by atoms with Crippen LogP contribution in [0.1, 0.15) is 45.8 Å². The molecule has 7 nitrogen and oxygen atoms in total. The number of carbonyl (C=O) groups excluding carboxylic acids is 2. The molecule has 1 saturated heterocycles. The molecule has 0 unspecified atom stereocenters. The van der Waals surface area contributed by atoms with Gasteiger partial charge in [-0.3, -0.25) is 10.1 Å². The Balaban J connectivity index is 1.45. The van der Waals surface area contributed by atoms with Gasteiger partial charge in [0.2, 0.25) is 5.91 Å². The van der Waals surface area contributed by atoms with E-state index in [-0.39, 0.29) is 23.3 Å². The molecule has 3 rings (SSSR count). The number of anilines is 1. The summed E-state index contributed by atoms with van der Waals surface area (Å²) < 4.78 is 5.23. The lowest BCUT2D eigenvalue weighted by Crippen LogP contribution is -2.34. The molecule has 1 aliphatic carbocycles. The van der Waals surface area contributed by atoms with Crippen LogP contribution in [0.3, 0.4) is 0 Å². The maximum Gasteiger partial charge on any atom is 0.320 e. The maximum absolute atomic E-state index is 11.9. The van der Waals surface area contributed by atoms with E-state index in [9.17, 15) is 9.59 Å². The molecule has 7 heteroatoms. The van der Waals surface area contributed by atoms with Crippen molar-refractivity contribution in [1.82, 2.24) is 15.4 Å². The zero-order valence-corrected chi connectivity index (χ0v) is 13.9. The summed E-state index contributed by atoms with van der Waals surface area (Å²) in [6, 6.07) is 1.86. The van der Waals surface area contributed by atoms with E-state index in [1.807, 2.05) is 25.7 Å². The number of nitrogens with one attached hydrogen (secondary N) is 2. The Morgan fingerprint density at radius 1 is 1.43 bits per heavy atom. The zero-order chi connectivity index (χ0) is 16.6. The molecule has 126 valence electrons. The van der Waals surface area contributed by atoms with Crippen LogP contribution in [0.25, 0.3) is 0 Å². The second-order valence-electron chi connectivity index (χ2n) is 7.51. The third kappa shape index (κ3) is 3.83. The Morgan fingerprint density at radius 3 is 2.78 bits per heavy atom. The monoisotopic (exact) mass is 320 g/mol. The predicted molar refractivity (Wildman–Crippen MR) is 85.1 cm³/mol. The van der Waals surface area contributed by atoms with Crippen molar-refractivity contribution in [3.63, 3.8) is 0 Å². The quantitative estimate of drug-likeness (QED) is 0.889. The van der Waals surface area contributed by atoms with Crippen LogP contribution in [0.5, 0.6) is 0 Å². The summed E-state index contributed by atoms with van der Waals surface area (Å²) in [5.41, 5.74) is -0.153. The molecule has 1 aromatic heterocycles.